The van der Waals surface area contributed by atoms with Gasteiger partial charge >= 0.3 is 0 Å². The van der Waals surface area contributed by atoms with Gasteiger partial charge in [0.25, 0.3) is 0 Å². The Morgan fingerprint density at radius 1 is 1.25 bits per heavy atom. The molecule has 1 rings (SSSR count). The van der Waals surface area contributed by atoms with Gasteiger partial charge in [0.15, 0.2) is 0 Å². The molecule has 5 heteroatoms. The van der Waals surface area contributed by atoms with Crippen molar-refractivity contribution in [3.63, 3.8) is 0 Å². The summed E-state index contributed by atoms with van der Waals surface area (Å²) in [5, 5.41) is 1.19. The molecule has 0 radical (unpaired) electrons. The molecule has 0 aliphatic heterocycles. The number of nitrogens with one attached hydrogen (secondary N) is 1. The molecule has 0 aromatic carbocycles. The van der Waals surface area contributed by atoms with Crippen molar-refractivity contribution in [1.29, 1.82) is 0 Å². The van der Waals surface area contributed by atoms with E-state index in [2.05, 4.69) is 30.5 Å². The van der Waals surface area contributed by atoms with Crippen LogP contribution < -0.4 is 4.72 Å². The fourth-order valence-corrected chi connectivity index (χ4v) is 3.67. The van der Waals surface area contributed by atoms with Crippen LogP contribution in [-0.2, 0) is 10.0 Å². The maximum absolute atomic E-state index is 12.1. The molecule has 0 fully saturated rings. The summed E-state index contributed by atoms with van der Waals surface area (Å²) in [7, 11) is -3.47. The maximum Gasteiger partial charge on any atom is 0.234 e. The Labute approximate surface area is 122 Å². The Bertz CT molecular complexity index is 555. The number of hydrogen-bond acceptors (Lipinski definition) is 3. The van der Waals surface area contributed by atoms with Crippen molar-refractivity contribution in [1.82, 2.24) is 9.71 Å². The summed E-state index contributed by atoms with van der Waals surface area (Å²) >= 11 is 0. The fourth-order valence-electron chi connectivity index (χ4n) is 2.42. The van der Waals surface area contributed by atoms with Gasteiger partial charge in [0.2, 0.25) is 10.0 Å². The standard InChI is InChI=1S/C15H24N2O2S/c1-14(2,3)12-15(4,5)17-20(18,19)10-8-13-7-6-9-16-11-13/h6-11,17H,12H2,1-5H3/b10-8+. The lowest BCUT2D eigenvalue weighted by Gasteiger charge is -2.32. The van der Waals surface area contributed by atoms with E-state index in [1.807, 2.05) is 13.8 Å². The summed E-state index contributed by atoms with van der Waals surface area (Å²) in [5.41, 5.74) is 0.321. The van der Waals surface area contributed by atoms with Crippen LogP contribution in [0.25, 0.3) is 6.08 Å². The van der Waals surface area contributed by atoms with Crippen molar-refractivity contribution in [3.05, 3.63) is 35.5 Å². The minimum Gasteiger partial charge on any atom is -0.264 e. The summed E-state index contributed by atoms with van der Waals surface area (Å²) in [5.74, 6) is 0. The Morgan fingerprint density at radius 3 is 2.40 bits per heavy atom. The number of rotatable bonds is 5. The van der Waals surface area contributed by atoms with Crippen molar-refractivity contribution < 1.29 is 8.42 Å². The molecule has 0 aliphatic carbocycles. The molecular weight excluding hydrogens is 272 g/mol. The van der Waals surface area contributed by atoms with Gasteiger partial charge in [-0.1, -0.05) is 26.8 Å². The predicted octanol–water partition coefficient (Wildman–Crippen LogP) is 3.19. The first-order valence-electron chi connectivity index (χ1n) is 6.61. The highest BCUT2D eigenvalue weighted by atomic mass is 32.2. The van der Waals surface area contributed by atoms with Crippen molar-refractivity contribution in [3.8, 4) is 0 Å². The highest BCUT2D eigenvalue weighted by molar-refractivity contribution is 7.92. The number of sulfonamides is 1. The van der Waals surface area contributed by atoms with E-state index >= 15 is 0 Å². The summed E-state index contributed by atoms with van der Waals surface area (Å²) in [6, 6.07) is 3.57. The van der Waals surface area contributed by atoms with Gasteiger partial charge in [-0.05, 0) is 43.4 Å². The van der Waals surface area contributed by atoms with Crippen LogP contribution in [0.5, 0.6) is 0 Å². The monoisotopic (exact) mass is 296 g/mol. The lowest BCUT2D eigenvalue weighted by Crippen LogP contribution is -2.44. The molecule has 0 unspecified atom stereocenters. The minimum absolute atomic E-state index is 0.0546. The summed E-state index contributed by atoms with van der Waals surface area (Å²) in [4.78, 5) is 3.94. The predicted molar refractivity (Wildman–Crippen MR) is 83.5 cm³/mol. The maximum atomic E-state index is 12.1. The summed E-state index contributed by atoms with van der Waals surface area (Å²) in [6.45, 7) is 10.1. The van der Waals surface area contributed by atoms with E-state index in [4.69, 9.17) is 0 Å². The molecular formula is C15H24N2O2S. The highest BCUT2D eigenvalue weighted by Gasteiger charge is 2.28. The molecule has 0 saturated heterocycles. The zero-order valence-corrected chi connectivity index (χ0v) is 13.7. The van der Waals surface area contributed by atoms with Gasteiger partial charge in [0.1, 0.15) is 0 Å². The SMILES string of the molecule is CC(C)(C)CC(C)(C)NS(=O)(=O)/C=C/c1cccnc1. The summed E-state index contributed by atoms with van der Waals surface area (Å²) in [6.07, 6.45) is 5.56. The van der Waals surface area contributed by atoms with Crippen LogP contribution in [0.3, 0.4) is 0 Å². The largest absolute Gasteiger partial charge is 0.264 e. The van der Waals surface area contributed by atoms with E-state index in [1.54, 1.807) is 30.6 Å². The quantitative estimate of drug-likeness (QED) is 0.907. The van der Waals surface area contributed by atoms with E-state index in [0.29, 0.717) is 0 Å². The third kappa shape index (κ3) is 6.82. The molecule has 0 aliphatic rings. The third-order valence-corrected chi connectivity index (χ3v) is 3.85. The average Bonchev–Trinajstić information content (AvgIpc) is 2.23. The van der Waals surface area contributed by atoms with Crippen LogP contribution >= 0.6 is 0 Å². The molecule has 0 spiro atoms. The Morgan fingerprint density at radius 2 is 1.90 bits per heavy atom. The topological polar surface area (TPSA) is 59.1 Å². The van der Waals surface area contributed by atoms with E-state index < -0.39 is 15.6 Å². The molecule has 1 N–H and O–H groups in total. The molecule has 20 heavy (non-hydrogen) atoms. The highest BCUT2D eigenvalue weighted by Crippen LogP contribution is 2.27. The Balaban J connectivity index is 2.78. The second-order valence-electron chi connectivity index (χ2n) is 6.86. The van der Waals surface area contributed by atoms with Crippen molar-refractivity contribution in [2.24, 2.45) is 5.41 Å². The van der Waals surface area contributed by atoms with Gasteiger partial charge in [-0.2, -0.15) is 0 Å². The molecule has 0 amide bonds. The molecule has 1 aromatic rings. The van der Waals surface area contributed by atoms with Crippen molar-refractivity contribution in [2.45, 2.75) is 46.6 Å². The fraction of sp³-hybridized carbons (Fsp3) is 0.533. The summed E-state index contributed by atoms with van der Waals surface area (Å²) < 4.78 is 26.9. The Kier molecular flexibility index (Phi) is 5.10. The zero-order chi connectivity index (χ0) is 15.4. The van der Waals surface area contributed by atoms with Crippen LogP contribution in [0.1, 0.15) is 46.6 Å². The number of nitrogens with zero attached hydrogens (tertiary/aromatic N) is 1. The molecule has 0 bridgehead atoms. The molecule has 0 atom stereocenters. The van der Waals surface area contributed by atoms with Crippen molar-refractivity contribution >= 4 is 16.1 Å². The molecule has 1 aromatic heterocycles. The number of aromatic nitrogens is 1. The minimum atomic E-state index is -3.47. The molecule has 112 valence electrons. The molecule has 1 heterocycles. The van der Waals surface area contributed by atoms with E-state index in [9.17, 15) is 8.42 Å². The van der Waals surface area contributed by atoms with Gasteiger partial charge in [-0.25, -0.2) is 13.1 Å². The second kappa shape index (κ2) is 6.06. The smallest absolute Gasteiger partial charge is 0.234 e. The van der Waals surface area contributed by atoms with Crippen LogP contribution in [0.4, 0.5) is 0 Å². The first-order chi connectivity index (χ1) is 8.99. The van der Waals surface area contributed by atoms with Gasteiger partial charge in [-0.3, -0.25) is 4.98 Å². The second-order valence-corrected chi connectivity index (χ2v) is 8.42. The van der Waals surface area contributed by atoms with Gasteiger partial charge in [0, 0.05) is 23.3 Å². The van der Waals surface area contributed by atoms with E-state index in [0.717, 1.165) is 12.0 Å². The van der Waals surface area contributed by atoms with Gasteiger partial charge in [0.05, 0.1) is 0 Å². The van der Waals surface area contributed by atoms with Gasteiger partial charge in [-0.15, -0.1) is 0 Å². The lowest BCUT2D eigenvalue weighted by atomic mass is 9.82. The number of pyridine rings is 1. The lowest BCUT2D eigenvalue weighted by molar-refractivity contribution is 0.270. The average molecular weight is 296 g/mol. The first-order valence-corrected chi connectivity index (χ1v) is 8.16. The molecule has 0 saturated carbocycles. The number of hydrogen-bond donors (Lipinski definition) is 1. The van der Waals surface area contributed by atoms with E-state index in [1.165, 1.54) is 5.41 Å². The zero-order valence-electron chi connectivity index (χ0n) is 12.8. The van der Waals surface area contributed by atoms with Crippen LogP contribution in [0, 0.1) is 5.41 Å². The van der Waals surface area contributed by atoms with E-state index in [-0.39, 0.29) is 5.41 Å². The molecule has 4 nitrogen and oxygen atoms in total. The Hall–Kier alpha value is -1.20. The van der Waals surface area contributed by atoms with Crippen LogP contribution in [-0.4, -0.2) is 18.9 Å². The third-order valence-electron chi connectivity index (χ3n) is 2.51. The van der Waals surface area contributed by atoms with Gasteiger partial charge < -0.3 is 0 Å². The first kappa shape index (κ1) is 16.9. The van der Waals surface area contributed by atoms with Crippen LogP contribution in [0.15, 0.2) is 29.9 Å². The van der Waals surface area contributed by atoms with Crippen LogP contribution in [0.2, 0.25) is 0 Å². The van der Waals surface area contributed by atoms with Crippen molar-refractivity contribution in [2.75, 3.05) is 0 Å². The normalized spacial score (nSPS) is 13.8.